The summed E-state index contributed by atoms with van der Waals surface area (Å²) in [4.78, 5) is 12.7. The molecule has 0 radical (unpaired) electrons. The molecule has 15 heavy (non-hydrogen) atoms. The summed E-state index contributed by atoms with van der Waals surface area (Å²) in [6, 6.07) is 3.55. The highest BCUT2D eigenvalue weighted by Gasteiger charge is 2.42. The van der Waals surface area contributed by atoms with E-state index in [1.54, 1.807) is 6.07 Å². The standard InChI is InChI=1S/C10H13NO3S/c1-14-9(13)7-2-3-8(15-7)10(11)4-6(12)5-10/h2-3,6,12H,4-5,11H2,1H3. The van der Waals surface area contributed by atoms with Crippen molar-refractivity contribution in [2.75, 3.05) is 7.11 Å². The summed E-state index contributed by atoms with van der Waals surface area (Å²) in [5.74, 6) is -0.338. The van der Waals surface area contributed by atoms with Gasteiger partial charge in [0.2, 0.25) is 0 Å². The third kappa shape index (κ3) is 1.78. The fraction of sp³-hybridized carbons (Fsp3) is 0.500. The summed E-state index contributed by atoms with van der Waals surface area (Å²) in [6.07, 6.45) is 0.820. The number of nitrogens with two attached hydrogens (primary N) is 1. The molecule has 1 heterocycles. The predicted molar refractivity (Wildman–Crippen MR) is 56.8 cm³/mol. The first-order chi connectivity index (χ1) is 7.05. The lowest BCUT2D eigenvalue weighted by Gasteiger charge is -2.41. The maximum Gasteiger partial charge on any atom is 0.348 e. The number of carbonyl (C=O) groups excluding carboxylic acids is 1. The van der Waals surface area contributed by atoms with E-state index in [9.17, 15) is 9.90 Å². The Morgan fingerprint density at radius 3 is 2.87 bits per heavy atom. The van der Waals surface area contributed by atoms with Gasteiger partial charge in [-0.05, 0) is 25.0 Å². The summed E-state index contributed by atoms with van der Waals surface area (Å²) in [5.41, 5.74) is 5.62. The number of aliphatic hydroxyl groups excluding tert-OH is 1. The van der Waals surface area contributed by atoms with E-state index in [-0.39, 0.29) is 12.1 Å². The molecule has 0 aromatic carbocycles. The van der Waals surface area contributed by atoms with Crippen LogP contribution in [-0.4, -0.2) is 24.3 Å². The van der Waals surface area contributed by atoms with Crippen LogP contribution < -0.4 is 5.73 Å². The van der Waals surface area contributed by atoms with Gasteiger partial charge in [-0.15, -0.1) is 11.3 Å². The molecule has 0 saturated heterocycles. The largest absolute Gasteiger partial charge is 0.465 e. The van der Waals surface area contributed by atoms with Gasteiger partial charge in [0.05, 0.1) is 18.8 Å². The number of methoxy groups -OCH3 is 1. The molecule has 0 unspecified atom stereocenters. The topological polar surface area (TPSA) is 72.5 Å². The first-order valence-corrected chi connectivity index (χ1v) is 5.52. The fourth-order valence-corrected chi connectivity index (χ4v) is 2.84. The highest BCUT2D eigenvalue weighted by molar-refractivity contribution is 7.14. The molecule has 3 N–H and O–H groups in total. The smallest absolute Gasteiger partial charge is 0.348 e. The quantitative estimate of drug-likeness (QED) is 0.734. The Labute approximate surface area is 91.7 Å². The Bertz CT molecular complexity index is 382. The lowest BCUT2D eigenvalue weighted by atomic mass is 9.74. The molecule has 1 aromatic heterocycles. The average molecular weight is 227 g/mol. The van der Waals surface area contributed by atoms with Crippen LogP contribution in [0.5, 0.6) is 0 Å². The molecular weight excluding hydrogens is 214 g/mol. The average Bonchev–Trinajstić information content (AvgIpc) is 2.63. The van der Waals surface area contributed by atoms with E-state index in [2.05, 4.69) is 4.74 Å². The minimum Gasteiger partial charge on any atom is -0.465 e. The van der Waals surface area contributed by atoms with E-state index in [4.69, 9.17) is 5.73 Å². The van der Waals surface area contributed by atoms with Crippen molar-refractivity contribution in [3.05, 3.63) is 21.9 Å². The van der Waals surface area contributed by atoms with E-state index in [1.165, 1.54) is 18.4 Å². The normalized spacial score (nSPS) is 29.7. The minimum atomic E-state index is -0.448. The maximum absolute atomic E-state index is 11.2. The predicted octanol–water partition coefficient (Wildman–Crippen LogP) is 0.843. The highest BCUT2D eigenvalue weighted by Crippen LogP contribution is 2.42. The van der Waals surface area contributed by atoms with Crippen LogP contribution in [0.3, 0.4) is 0 Å². The molecule has 1 aliphatic carbocycles. The van der Waals surface area contributed by atoms with E-state index in [0.29, 0.717) is 17.7 Å². The van der Waals surface area contributed by atoms with Crippen molar-refractivity contribution in [1.29, 1.82) is 0 Å². The molecule has 0 spiro atoms. The summed E-state index contributed by atoms with van der Waals surface area (Å²) in [7, 11) is 1.35. The summed E-state index contributed by atoms with van der Waals surface area (Å²) < 4.78 is 4.62. The molecule has 82 valence electrons. The van der Waals surface area contributed by atoms with Crippen LogP contribution in [0, 0.1) is 0 Å². The molecule has 1 fully saturated rings. The van der Waals surface area contributed by atoms with Crippen molar-refractivity contribution in [3.63, 3.8) is 0 Å². The number of rotatable bonds is 2. The molecule has 1 saturated carbocycles. The van der Waals surface area contributed by atoms with Gasteiger partial charge >= 0.3 is 5.97 Å². The number of hydrogen-bond donors (Lipinski definition) is 2. The van der Waals surface area contributed by atoms with Crippen LogP contribution in [0.15, 0.2) is 12.1 Å². The van der Waals surface area contributed by atoms with Gasteiger partial charge in [0.15, 0.2) is 0 Å². The summed E-state index contributed by atoms with van der Waals surface area (Å²) in [5, 5.41) is 9.24. The summed E-state index contributed by atoms with van der Waals surface area (Å²) >= 11 is 1.34. The van der Waals surface area contributed by atoms with Crippen LogP contribution in [0.2, 0.25) is 0 Å². The molecule has 1 aliphatic rings. The third-order valence-corrected chi connectivity index (χ3v) is 3.97. The molecule has 5 heteroatoms. The molecule has 1 aromatic rings. The third-order valence-electron chi connectivity index (χ3n) is 2.68. The van der Waals surface area contributed by atoms with Gasteiger partial charge in [-0.1, -0.05) is 0 Å². The van der Waals surface area contributed by atoms with E-state index in [1.807, 2.05) is 6.07 Å². The van der Waals surface area contributed by atoms with Gasteiger partial charge in [0.1, 0.15) is 4.88 Å². The van der Waals surface area contributed by atoms with E-state index >= 15 is 0 Å². The summed E-state index contributed by atoms with van der Waals surface area (Å²) in [6.45, 7) is 0. The highest BCUT2D eigenvalue weighted by atomic mass is 32.1. The van der Waals surface area contributed by atoms with Gasteiger partial charge in [-0.2, -0.15) is 0 Å². The molecule has 0 amide bonds. The Hall–Kier alpha value is -0.910. The van der Waals surface area contributed by atoms with Crippen molar-refractivity contribution in [3.8, 4) is 0 Å². The van der Waals surface area contributed by atoms with Gasteiger partial charge in [0.25, 0.3) is 0 Å². The Morgan fingerprint density at radius 1 is 1.67 bits per heavy atom. The second kappa shape index (κ2) is 3.59. The monoisotopic (exact) mass is 227 g/mol. The zero-order valence-electron chi connectivity index (χ0n) is 8.40. The Kier molecular flexibility index (Phi) is 2.54. The Morgan fingerprint density at radius 2 is 2.33 bits per heavy atom. The van der Waals surface area contributed by atoms with Crippen LogP contribution >= 0.6 is 11.3 Å². The minimum absolute atomic E-state index is 0.307. The fourth-order valence-electron chi connectivity index (χ4n) is 1.80. The number of carbonyl (C=O) groups is 1. The van der Waals surface area contributed by atoms with Crippen molar-refractivity contribution in [2.45, 2.75) is 24.5 Å². The number of aliphatic hydroxyl groups is 1. The zero-order chi connectivity index (χ0) is 11.1. The molecule has 0 aliphatic heterocycles. The van der Waals surface area contributed by atoms with Crippen LogP contribution in [0.1, 0.15) is 27.4 Å². The van der Waals surface area contributed by atoms with E-state index in [0.717, 1.165) is 4.88 Å². The van der Waals surface area contributed by atoms with Crippen LogP contribution in [-0.2, 0) is 10.3 Å². The van der Waals surface area contributed by atoms with Gasteiger partial charge in [-0.25, -0.2) is 4.79 Å². The lowest BCUT2D eigenvalue weighted by Crippen LogP contribution is -2.51. The zero-order valence-corrected chi connectivity index (χ0v) is 9.21. The second-order valence-electron chi connectivity index (χ2n) is 3.87. The molecule has 0 atom stereocenters. The number of ether oxygens (including phenoxy) is 1. The first-order valence-electron chi connectivity index (χ1n) is 4.71. The van der Waals surface area contributed by atoms with Crippen LogP contribution in [0.25, 0.3) is 0 Å². The van der Waals surface area contributed by atoms with Crippen molar-refractivity contribution < 1.29 is 14.6 Å². The van der Waals surface area contributed by atoms with Crippen molar-refractivity contribution >= 4 is 17.3 Å². The van der Waals surface area contributed by atoms with E-state index < -0.39 is 5.54 Å². The molecular formula is C10H13NO3S. The number of thiophene rings is 1. The maximum atomic E-state index is 11.2. The molecule has 2 rings (SSSR count). The SMILES string of the molecule is COC(=O)c1ccc(C2(N)CC(O)C2)s1. The number of esters is 1. The van der Waals surface area contributed by atoms with Crippen LogP contribution in [0.4, 0.5) is 0 Å². The van der Waals surface area contributed by atoms with Crippen molar-refractivity contribution in [2.24, 2.45) is 5.73 Å². The molecule has 4 nitrogen and oxygen atoms in total. The van der Waals surface area contributed by atoms with Crippen molar-refractivity contribution in [1.82, 2.24) is 0 Å². The lowest BCUT2D eigenvalue weighted by molar-refractivity contribution is 0.0227. The first kappa shape index (κ1) is 10.6. The number of hydrogen-bond acceptors (Lipinski definition) is 5. The van der Waals surface area contributed by atoms with Gasteiger partial charge in [-0.3, -0.25) is 0 Å². The van der Waals surface area contributed by atoms with Gasteiger partial charge in [0, 0.05) is 4.88 Å². The Balaban J connectivity index is 2.17. The van der Waals surface area contributed by atoms with Gasteiger partial charge < -0.3 is 15.6 Å². The second-order valence-corrected chi connectivity index (χ2v) is 4.96. The molecule has 0 bridgehead atoms.